The fraction of sp³-hybridized carbons (Fsp3) is 0. The van der Waals surface area contributed by atoms with Gasteiger partial charge in [-0.2, -0.15) is 0 Å². The number of benzene rings is 2. The summed E-state index contributed by atoms with van der Waals surface area (Å²) >= 11 is 0. The third-order valence-corrected chi connectivity index (χ3v) is 2.50. The molecule has 96 valence electrons. The summed E-state index contributed by atoms with van der Waals surface area (Å²) in [5.41, 5.74) is 0.689. The number of rotatable bonds is 3. The summed E-state index contributed by atoms with van der Waals surface area (Å²) in [5.74, 6) is -2.90. The third kappa shape index (κ3) is 3.31. The second kappa shape index (κ2) is 5.52. The van der Waals surface area contributed by atoms with Gasteiger partial charge in [-0.25, -0.2) is 13.2 Å². The molecule has 0 fully saturated rings. The Bertz CT molecular complexity index is 630. The van der Waals surface area contributed by atoms with Crippen LogP contribution in [-0.4, -0.2) is 5.78 Å². The van der Waals surface area contributed by atoms with Gasteiger partial charge in [0.15, 0.2) is 17.4 Å². The molecule has 0 amide bonds. The highest BCUT2D eigenvalue weighted by atomic mass is 19.2. The molecular formula is C15H9F3O. The van der Waals surface area contributed by atoms with Gasteiger partial charge >= 0.3 is 0 Å². The Morgan fingerprint density at radius 1 is 0.895 bits per heavy atom. The lowest BCUT2D eigenvalue weighted by atomic mass is 10.1. The lowest BCUT2D eigenvalue weighted by molar-refractivity contribution is 0.104. The van der Waals surface area contributed by atoms with Gasteiger partial charge in [0.25, 0.3) is 0 Å². The summed E-state index contributed by atoms with van der Waals surface area (Å²) in [4.78, 5) is 11.7. The standard InChI is InChI=1S/C15H9F3O/c16-12-5-1-10(2-6-12)3-8-15(19)11-4-7-13(17)14(18)9-11/h1-9H/b8-3+. The predicted octanol–water partition coefficient (Wildman–Crippen LogP) is 4.00. The van der Waals surface area contributed by atoms with E-state index >= 15 is 0 Å². The lowest BCUT2D eigenvalue weighted by Crippen LogP contribution is -1.96. The molecule has 1 nitrogen and oxygen atoms in total. The Balaban J connectivity index is 2.16. The minimum Gasteiger partial charge on any atom is -0.289 e. The van der Waals surface area contributed by atoms with Crippen LogP contribution in [0.4, 0.5) is 13.2 Å². The third-order valence-electron chi connectivity index (χ3n) is 2.50. The molecule has 19 heavy (non-hydrogen) atoms. The Hall–Kier alpha value is -2.36. The van der Waals surface area contributed by atoms with Crippen LogP contribution in [0, 0.1) is 17.5 Å². The molecule has 0 atom stereocenters. The van der Waals surface area contributed by atoms with Crippen molar-refractivity contribution >= 4 is 11.9 Å². The largest absolute Gasteiger partial charge is 0.289 e. The van der Waals surface area contributed by atoms with Gasteiger partial charge in [0.2, 0.25) is 0 Å². The highest BCUT2D eigenvalue weighted by Crippen LogP contribution is 2.11. The van der Waals surface area contributed by atoms with Gasteiger partial charge in [-0.15, -0.1) is 0 Å². The van der Waals surface area contributed by atoms with Crippen LogP contribution in [0.3, 0.4) is 0 Å². The molecule has 0 N–H and O–H groups in total. The fourth-order valence-electron chi connectivity index (χ4n) is 1.49. The summed E-state index contributed by atoms with van der Waals surface area (Å²) in [6.45, 7) is 0. The summed E-state index contributed by atoms with van der Waals surface area (Å²) in [6.07, 6.45) is 2.70. The minimum atomic E-state index is -1.07. The molecule has 4 heteroatoms. The first-order valence-electron chi connectivity index (χ1n) is 5.49. The molecule has 0 radical (unpaired) electrons. The van der Waals surface area contributed by atoms with Gasteiger partial charge in [-0.05, 0) is 42.0 Å². The molecule has 0 aliphatic heterocycles. The number of ketones is 1. The SMILES string of the molecule is O=C(/C=C/c1ccc(F)cc1)c1ccc(F)c(F)c1. The van der Waals surface area contributed by atoms with Crippen LogP contribution in [0.5, 0.6) is 0 Å². The summed E-state index contributed by atoms with van der Waals surface area (Å²) in [6, 6.07) is 8.48. The summed E-state index contributed by atoms with van der Waals surface area (Å²) < 4.78 is 38.3. The van der Waals surface area contributed by atoms with Crippen LogP contribution in [0.15, 0.2) is 48.5 Å². The number of carbonyl (C=O) groups is 1. The molecule has 0 heterocycles. The van der Waals surface area contributed by atoms with Gasteiger partial charge in [0, 0.05) is 5.56 Å². The Kier molecular flexibility index (Phi) is 3.80. The second-order valence-electron chi connectivity index (χ2n) is 3.88. The first-order chi connectivity index (χ1) is 9.06. The van der Waals surface area contributed by atoms with Crippen LogP contribution < -0.4 is 0 Å². The van der Waals surface area contributed by atoms with E-state index in [1.165, 1.54) is 42.5 Å². The average Bonchev–Trinajstić information content (AvgIpc) is 2.41. The van der Waals surface area contributed by atoms with Crippen molar-refractivity contribution in [2.75, 3.05) is 0 Å². The van der Waals surface area contributed by atoms with Crippen molar-refractivity contribution in [1.29, 1.82) is 0 Å². The van der Waals surface area contributed by atoms with E-state index in [0.717, 1.165) is 12.1 Å². The lowest BCUT2D eigenvalue weighted by Gasteiger charge is -1.97. The summed E-state index contributed by atoms with van der Waals surface area (Å²) in [5, 5.41) is 0. The van der Waals surface area contributed by atoms with E-state index in [2.05, 4.69) is 0 Å². The van der Waals surface area contributed by atoms with Crippen LogP contribution in [0.2, 0.25) is 0 Å². The zero-order valence-electron chi connectivity index (χ0n) is 9.74. The van der Waals surface area contributed by atoms with E-state index < -0.39 is 17.4 Å². The fourth-order valence-corrected chi connectivity index (χ4v) is 1.49. The van der Waals surface area contributed by atoms with E-state index in [-0.39, 0.29) is 11.4 Å². The molecule has 0 bridgehead atoms. The molecule has 0 unspecified atom stereocenters. The molecule has 0 aliphatic carbocycles. The molecule has 0 spiro atoms. The topological polar surface area (TPSA) is 17.1 Å². The monoisotopic (exact) mass is 262 g/mol. The maximum absolute atomic E-state index is 13.0. The normalized spacial score (nSPS) is 10.9. The molecule has 2 aromatic rings. The zero-order chi connectivity index (χ0) is 13.8. The van der Waals surface area contributed by atoms with E-state index in [0.29, 0.717) is 5.56 Å². The quantitative estimate of drug-likeness (QED) is 0.603. The first-order valence-corrected chi connectivity index (χ1v) is 5.49. The second-order valence-corrected chi connectivity index (χ2v) is 3.88. The van der Waals surface area contributed by atoms with Gasteiger partial charge in [-0.1, -0.05) is 18.2 Å². The first kappa shape index (κ1) is 13.1. The number of halogens is 3. The summed E-state index contributed by atoms with van der Waals surface area (Å²) in [7, 11) is 0. The van der Waals surface area contributed by atoms with Crippen molar-refractivity contribution in [2.24, 2.45) is 0 Å². The highest BCUT2D eigenvalue weighted by molar-refractivity contribution is 6.06. The number of carbonyl (C=O) groups excluding carboxylic acids is 1. The minimum absolute atomic E-state index is 0.0530. The van der Waals surface area contributed by atoms with Gasteiger partial charge in [-0.3, -0.25) is 4.79 Å². The van der Waals surface area contributed by atoms with Crippen molar-refractivity contribution in [2.45, 2.75) is 0 Å². The highest BCUT2D eigenvalue weighted by Gasteiger charge is 2.06. The molecular weight excluding hydrogens is 253 g/mol. The number of hydrogen-bond donors (Lipinski definition) is 0. The van der Waals surface area contributed by atoms with Crippen molar-refractivity contribution in [3.63, 3.8) is 0 Å². The van der Waals surface area contributed by atoms with Gasteiger partial charge in [0.1, 0.15) is 5.82 Å². The Labute approximate surface area is 108 Å². The van der Waals surface area contributed by atoms with Crippen LogP contribution in [0.25, 0.3) is 6.08 Å². The predicted molar refractivity (Wildman–Crippen MR) is 66.1 cm³/mol. The Morgan fingerprint density at radius 3 is 2.21 bits per heavy atom. The van der Waals surface area contributed by atoms with Crippen molar-refractivity contribution in [1.82, 2.24) is 0 Å². The smallest absolute Gasteiger partial charge is 0.185 e. The van der Waals surface area contributed by atoms with Gasteiger partial charge in [0.05, 0.1) is 0 Å². The average molecular weight is 262 g/mol. The van der Waals surface area contributed by atoms with E-state index in [4.69, 9.17) is 0 Å². The molecule has 0 saturated carbocycles. The van der Waals surface area contributed by atoms with E-state index in [9.17, 15) is 18.0 Å². The van der Waals surface area contributed by atoms with Crippen LogP contribution in [0.1, 0.15) is 15.9 Å². The maximum atomic E-state index is 13.0. The van der Waals surface area contributed by atoms with Crippen molar-refractivity contribution in [3.05, 3.63) is 77.1 Å². The molecule has 0 aliphatic rings. The number of allylic oxidation sites excluding steroid dienone is 1. The molecule has 0 aromatic heterocycles. The molecule has 2 aromatic carbocycles. The van der Waals surface area contributed by atoms with Crippen molar-refractivity contribution in [3.8, 4) is 0 Å². The van der Waals surface area contributed by atoms with Gasteiger partial charge < -0.3 is 0 Å². The zero-order valence-corrected chi connectivity index (χ0v) is 9.74. The van der Waals surface area contributed by atoms with E-state index in [1.54, 1.807) is 0 Å². The maximum Gasteiger partial charge on any atom is 0.185 e. The van der Waals surface area contributed by atoms with Crippen molar-refractivity contribution < 1.29 is 18.0 Å². The number of hydrogen-bond acceptors (Lipinski definition) is 1. The Morgan fingerprint density at radius 2 is 1.58 bits per heavy atom. The van der Waals surface area contributed by atoms with E-state index in [1.807, 2.05) is 0 Å². The molecule has 2 rings (SSSR count). The molecule has 0 saturated heterocycles. The van der Waals surface area contributed by atoms with Crippen LogP contribution in [-0.2, 0) is 0 Å². The van der Waals surface area contributed by atoms with Crippen LogP contribution >= 0.6 is 0 Å².